The zero-order valence-electron chi connectivity index (χ0n) is 20.8. The highest BCUT2D eigenvalue weighted by molar-refractivity contribution is 5.97. The van der Waals surface area contributed by atoms with E-state index in [2.05, 4.69) is 10.4 Å². The van der Waals surface area contributed by atoms with E-state index in [1.165, 1.54) is 6.33 Å². The maximum atomic E-state index is 14.1. The van der Waals surface area contributed by atoms with Crippen LogP contribution in [0.15, 0.2) is 55.1 Å². The summed E-state index contributed by atoms with van der Waals surface area (Å²) in [5, 5.41) is 9.75. The van der Waals surface area contributed by atoms with Crippen LogP contribution in [0.5, 0.6) is 0 Å². The standard InChI is InChI=1S/C26H37N5O4/c1-18(2)14-21(24(33)29-27)23(25(34)30-35)26(15-19(3)4,11-10-20-8-6-5-7-9-20)22(32)16-31-13-12-28-17-31/h5-13,17-19,21,23,35H,14-16,27H2,1-4H3,(H,29,33)(H,30,34)/b11-10+/t21-,23-,26?/m1/s1. The van der Waals surface area contributed by atoms with Crippen molar-refractivity contribution in [2.24, 2.45) is 34.9 Å². The topological polar surface area (TPSA) is 139 Å². The van der Waals surface area contributed by atoms with Crippen LogP contribution in [0.4, 0.5) is 0 Å². The van der Waals surface area contributed by atoms with E-state index in [0.29, 0.717) is 6.42 Å². The van der Waals surface area contributed by atoms with Crippen molar-refractivity contribution in [1.82, 2.24) is 20.5 Å². The Hall–Kier alpha value is -3.30. The molecule has 9 nitrogen and oxygen atoms in total. The van der Waals surface area contributed by atoms with E-state index < -0.39 is 29.1 Å². The van der Waals surface area contributed by atoms with Gasteiger partial charge in [-0.25, -0.2) is 16.3 Å². The van der Waals surface area contributed by atoms with Gasteiger partial charge in [0.1, 0.15) is 0 Å². The molecule has 0 aliphatic rings. The van der Waals surface area contributed by atoms with Gasteiger partial charge in [-0.05, 0) is 30.2 Å². The van der Waals surface area contributed by atoms with Crippen molar-refractivity contribution in [2.75, 3.05) is 0 Å². The first-order valence-corrected chi connectivity index (χ1v) is 11.8. The summed E-state index contributed by atoms with van der Waals surface area (Å²) in [6, 6.07) is 9.40. The Morgan fingerprint density at radius 1 is 1.11 bits per heavy atom. The van der Waals surface area contributed by atoms with E-state index in [1.807, 2.05) is 58.0 Å². The molecule has 190 valence electrons. The predicted molar refractivity (Wildman–Crippen MR) is 133 cm³/mol. The van der Waals surface area contributed by atoms with Crippen LogP contribution in [0.3, 0.4) is 0 Å². The molecule has 2 amide bonds. The number of hydrogen-bond acceptors (Lipinski definition) is 6. The molecule has 35 heavy (non-hydrogen) atoms. The number of hydroxylamine groups is 1. The first-order chi connectivity index (χ1) is 16.6. The molecule has 0 aliphatic carbocycles. The molecule has 9 heteroatoms. The van der Waals surface area contributed by atoms with Crippen LogP contribution in [-0.2, 0) is 20.9 Å². The smallest absolute Gasteiger partial charge is 0.248 e. The van der Waals surface area contributed by atoms with Crippen LogP contribution in [-0.4, -0.2) is 32.4 Å². The van der Waals surface area contributed by atoms with Crippen LogP contribution in [0.25, 0.3) is 6.08 Å². The second kappa shape index (κ2) is 13.0. The number of Topliss-reactive ketones (excluding diaryl/α,β-unsaturated/α-hetero) is 1. The molecule has 1 heterocycles. The summed E-state index contributed by atoms with van der Waals surface area (Å²) >= 11 is 0. The number of rotatable bonds is 13. The number of nitrogens with two attached hydrogens (primary N) is 1. The average Bonchev–Trinajstić information content (AvgIpc) is 3.34. The number of carbonyl (C=O) groups is 3. The lowest BCUT2D eigenvalue weighted by molar-refractivity contribution is -0.151. The normalized spacial score (nSPS) is 15.1. The molecule has 0 spiro atoms. The van der Waals surface area contributed by atoms with Crippen LogP contribution < -0.4 is 16.7 Å². The van der Waals surface area contributed by atoms with Crippen LogP contribution in [0.1, 0.15) is 46.1 Å². The number of hydrazine groups is 1. The van der Waals surface area contributed by atoms with E-state index in [9.17, 15) is 19.6 Å². The van der Waals surface area contributed by atoms with E-state index in [-0.39, 0.29) is 30.6 Å². The number of imidazole rings is 1. The quantitative estimate of drug-likeness (QED) is 0.149. The van der Waals surface area contributed by atoms with Crippen LogP contribution >= 0.6 is 0 Å². The minimum Gasteiger partial charge on any atom is -0.330 e. The van der Waals surface area contributed by atoms with Gasteiger partial charge in [-0.15, -0.1) is 0 Å². The monoisotopic (exact) mass is 483 g/mol. The fourth-order valence-corrected chi connectivity index (χ4v) is 4.71. The number of hydrogen-bond donors (Lipinski definition) is 4. The largest absolute Gasteiger partial charge is 0.330 e. The van der Waals surface area contributed by atoms with Crippen molar-refractivity contribution >= 4 is 23.7 Å². The summed E-state index contributed by atoms with van der Waals surface area (Å²) in [7, 11) is 0. The highest BCUT2D eigenvalue weighted by Crippen LogP contribution is 2.44. The average molecular weight is 484 g/mol. The molecule has 0 saturated carbocycles. The highest BCUT2D eigenvalue weighted by Gasteiger charge is 2.52. The Morgan fingerprint density at radius 2 is 1.80 bits per heavy atom. The summed E-state index contributed by atoms with van der Waals surface area (Å²) in [6.45, 7) is 7.68. The van der Waals surface area contributed by atoms with Crippen molar-refractivity contribution in [3.8, 4) is 0 Å². The zero-order chi connectivity index (χ0) is 26.0. The highest BCUT2D eigenvalue weighted by atomic mass is 16.5. The molecule has 0 saturated heterocycles. The summed E-state index contributed by atoms with van der Waals surface area (Å²) in [4.78, 5) is 44.5. The van der Waals surface area contributed by atoms with Gasteiger partial charge in [-0.2, -0.15) is 0 Å². The second-order valence-electron chi connectivity index (χ2n) is 9.74. The van der Waals surface area contributed by atoms with E-state index in [0.717, 1.165) is 5.56 Å². The number of aromatic nitrogens is 2. The Kier molecular flexibility index (Phi) is 10.4. The SMILES string of the molecule is CC(C)C[C@@H](C(=O)NN)[C@H](C(=O)NO)C(/C=C/c1ccccc1)(CC(C)C)C(=O)Cn1ccnc1. The van der Waals surface area contributed by atoms with Gasteiger partial charge in [-0.1, -0.05) is 70.2 Å². The third-order valence-corrected chi connectivity index (χ3v) is 6.08. The van der Waals surface area contributed by atoms with Crippen LogP contribution in [0, 0.1) is 29.1 Å². The van der Waals surface area contributed by atoms with E-state index in [1.54, 1.807) is 34.6 Å². The lowest BCUT2D eigenvalue weighted by Gasteiger charge is -2.41. The summed E-state index contributed by atoms with van der Waals surface area (Å²) in [5.74, 6) is 1.70. The third-order valence-electron chi connectivity index (χ3n) is 6.08. The Labute approximate surface area is 206 Å². The molecular weight excluding hydrogens is 446 g/mol. The zero-order valence-corrected chi connectivity index (χ0v) is 20.8. The number of allylic oxidation sites excluding steroid dienone is 1. The summed E-state index contributed by atoms with van der Waals surface area (Å²) in [6.07, 6.45) is 8.83. The first kappa shape index (κ1) is 27.9. The number of nitrogens with zero attached hydrogens (tertiary/aromatic N) is 2. The van der Waals surface area contributed by atoms with Gasteiger partial charge in [0.25, 0.3) is 0 Å². The fourth-order valence-electron chi connectivity index (χ4n) is 4.71. The van der Waals surface area contributed by atoms with Gasteiger partial charge < -0.3 is 4.57 Å². The van der Waals surface area contributed by atoms with Gasteiger partial charge in [0.05, 0.1) is 30.1 Å². The summed E-state index contributed by atoms with van der Waals surface area (Å²) in [5.41, 5.74) is 3.30. The third kappa shape index (κ3) is 7.34. The predicted octanol–water partition coefficient (Wildman–Crippen LogP) is 2.97. The lowest BCUT2D eigenvalue weighted by atomic mass is 9.61. The van der Waals surface area contributed by atoms with Crippen molar-refractivity contribution in [3.05, 3.63) is 60.7 Å². The van der Waals surface area contributed by atoms with Crippen LogP contribution in [0.2, 0.25) is 0 Å². The summed E-state index contributed by atoms with van der Waals surface area (Å²) < 4.78 is 1.63. The van der Waals surface area contributed by atoms with E-state index in [4.69, 9.17) is 5.84 Å². The number of ketones is 1. The number of nitrogens with one attached hydrogen (secondary N) is 2. The van der Waals surface area contributed by atoms with Gasteiger partial charge >= 0.3 is 0 Å². The van der Waals surface area contributed by atoms with Gasteiger partial charge in [0, 0.05) is 12.4 Å². The number of benzene rings is 1. The molecule has 1 aromatic carbocycles. The molecule has 1 unspecified atom stereocenters. The molecule has 3 atom stereocenters. The minimum absolute atomic E-state index is 0.0169. The van der Waals surface area contributed by atoms with Crippen molar-refractivity contribution in [2.45, 2.75) is 47.1 Å². The lowest BCUT2D eigenvalue weighted by Crippen LogP contribution is -2.54. The maximum Gasteiger partial charge on any atom is 0.248 e. The Bertz CT molecular complexity index is 988. The van der Waals surface area contributed by atoms with Crippen molar-refractivity contribution in [3.63, 3.8) is 0 Å². The minimum atomic E-state index is -1.42. The molecule has 1 aromatic heterocycles. The molecule has 5 N–H and O–H groups in total. The van der Waals surface area contributed by atoms with Gasteiger partial charge in [0.2, 0.25) is 11.8 Å². The molecule has 2 aromatic rings. The number of carbonyl (C=O) groups excluding carboxylic acids is 3. The molecule has 2 rings (SSSR count). The second-order valence-corrected chi connectivity index (χ2v) is 9.74. The fraction of sp³-hybridized carbons (Fsp3) is 0.462. The van der Waals surface area contributed by atoms with Gasteiger partial charge in [-0.3, -0.25) is 25.0 Å². The molecule has 0 aliphatic heterocycles. The molecule has 0 fully saturated rings. The molecule has 0 radical (unpaired) electrons. The van der Waals surface area contributed by atoms with Gasteiger partial charge in [0.15, 0.2) is 5.78 Å². The van der Waals surface area contributed by atoms with E-state index >= 15 is 0 Å². The van der Waals surface area contributed by atoms with Crippen molar-refractivity contribution in [1.29, 1.82) is 0 Å². The molecular formula is C26H37N5O4. The number of amides is 2. The molecule has 0 bridgehead atoms. The Balaban J connectivity index is 2.79. The maximum absolute atomic E-state index is 14.1. The Morgan fingerprint density at radius 3 is 2.31 bits per heavy atom. The van der Waals surface area contributed by atoms with Crippen molar-refractivity contribution < 1.29 is 19.6 Å². The first-order valence-electron chi connectivity index (χ1n) is 11.8.